The standard InChI is InChI=1S/C16H27N3O/c1-3-20-16-11-13(17)10-14(12-16)18-8-9-19(2)15-6-4-5-7-15/h10-12,15,18H,3-9,17H2,1-2H3. The second-order valence-corrected chi connectivity index (χ2v) is 5.57. The van der Waals surface area contributed by atoms with Gasteiger partial charge in [-0.15, -0.1) is 0 Å². The normalized spacial score (nSPS) is 15.8. The third-order valence-electron chi connectivity index (χ3n) is 3.98. The van der Waals surface area contributed by atoms with E-state index in [1.165, 1.54) is 25.7 Å². The summed E-state index contributed by atoms with van der Waals surface area (Å²) < 4.78 is 5.51. The summed E-state index contributed by atoms with van der Waals surface area (Å²) in [6, 6.07) is 6.60. The zero-order chi connectivity index (χ0) is 14.4. The van der Waals surface area contributed by atoms with Crippen LogP contribution in [0, 0.1) is 0 Å². The van der Waals surface area contributed by atoms with E-state index in [-0.39, 0.29) is 0 Å². The van der Waals surface area contributed by atoms with E-state index in [2.05, 4.69) is 17.3 Å². The van der Waals surface area contributed by atoms with Gasteiger partial charge in [0.2, 0.25) is 0 Å². The van der Waals surface area contributed by atoms with Crippen LogP contribution in [-0.2, 0) is 0 Å². The molecule has 1 aliphatic rings. The molecule has 0 aromatic heterocycles. The van der Waals surface area contributed by atoms with E-state index >= 15 is 0 Å². The monoisotopic (exact) mass is 277 g/mol. The second kappa shape index (κ2) is 7.39. The highest BCUT2D eigenvalue weighted by molar-refractivity contribution is 5.59. The minimum Gasteiger partial charge on any atom is -0.494 e. The van der Waals surface area contributed by atoms with Gasteiger partial charge in [0.05, 0.1) is 6.61 Å². The van der Waals surface area contributed by atoms with Crippen molar-refractivity contribution in [3.63, 3.8) is 0 Å². The van der Waals surface area contributed by atoms with Crippen molar-refractivity contribution in [3.8, 4) is 5.75 Å². The molecule has 2 rings (SSSR count). The molecule has 1 saturated carbocycles. The van der Waals surface area contributed by atoms with Gasteiger partial charge in [-0.05, 0) is 32.9 Å². The molecule has 1 aliphatic carbocycles. The summed E-state index contributed by atoms with van der Waals surface area (Å²) in [5, 5.41) is 3.44. The Morgan fingerprint density at radius 2 is 2.05 bits per heavy atom. The average molecular weight is 277 g/mol. The lowest BCUT2D eigenvalue weighted by Gasteiger charge is -2.24. The summed E-state index contributed by atoms with van der Waals surface area (Å²) in [4.78, 5) is 2.47. The molecule has 3 N–H and O–H groups in total. The second-order valence-electron chi connectivity index (χ2n) is 5.57. The molecule has 0 atom stereocenters. The number of anilines is 2. The van der Waals surface area contributed by atoms with E-state index < -0.39 is 0 Å². The van der Waals surface area contributed by atoms with Crippen molar-refractivity contribution in [1.29, 1.82) is 0 Å². The molecular weight excluding hydrogens is 250 g/mol. The summed E-state index contributed by atoms with van der Waals surface area (Å²) in [6.45, 7) is 4.63. The van der Waals surface area contributed by atoms with Gasteiger partial charge in [-0.3, -0.25) is 0 Å². The summed E-state index contributed by atoms with van der Waals surface area (Å²) in [5.41, 5.74) is 7.66. The lowest BCUT2D eigenvalue weighted by atomic mass is 10.2. The summed E-state index contributed by atoms with van der Waals surface area (Å²) >= 11 is 0. The molecule has 20 heavy (non-hydrogen) atoms. The molecule has 0 unspecified atom stereocenters. The van der Waals surface area contributed by atoms with Crippen LogP contribution < -0.4 is 15.8 Å². The van der Waals surface area contributed by atoms with Crippen molar-refractivity contribution in [2.75, 3.05) is 37.8 Å². The maximum Gasteiger partial charge on any atom is 0.123 e. The lowest BCUT2D eigenvalue weighted by Crippen LogP contribution is -2.33. The van der Waals surface area contributed by atoms with Crippen LogP contribution in [0.4, 0.5) is 11.4 Å². The predicted octanol–water partition coefficient (Wildman–Crippen LogP) is 2.95. The lowest BCUT2D eigenvalue weighted by molar-refractivity contribution is 0.254. The number of rotatable bonds is 7. The molecule has 4 heteroatoms. The molecule has 1 aromatic carbocycles. The van der Waals surface area contributed by atoms with Gasteiger partial charge in [-0.2, -0.15) is 0 Å². The van der Waals surface area contributed by atoms with Crippen LogP contribution in [0.1, 0.15) is 32.6 Å². The minimum absolute atomic E-state index is 0.660. The fourth-order valence-electron chi connectivity index (χ4n) is 2.88. The van der Waals surface area contributed by atoms with Crippen LogP contribution in [0.25, 0.3) is 0 Å². The Morgan fingerprint density at radius 1 is 1.30 bits per heavy atom. The minimum atomic E-state index is 0.660. The smallest absolute Gasteiger partial charge is 0.123 e. The third-order valence-corrected chi connectivity index (χ3v) is 3.98. The van der Waals surface area contributed by atoms with Gasteiger partial charge in [0.25, 0.3) is 0 Å². The van der Waals surface area contributed by atoms with Gasteiger partial charge in [-0.1, -0.05) is 12.8 Å². The average Bonchev–Trinajstić information content (AvgIpc) is 2.92. The van der Waals surface area contributed by atoms with Crippen molar-refractivity contribution in [2.24, 2.45) is 0 Å². The van der Waals surface area contributed by atoms with E-state index in [0.29, 0.717) is 6.61 Å². The predicted molar refractivity (Wildman–Crippen MR) is 85.4 cm³/mol. The van der Waals surface area contributed by atoms with E-state index in [0.717, 1.165) is 36.3 Å². The molecule has 1 aromatic rings. The first kappa shape index (κ1) is 15.0. The molecule has 1 fully saturated rings. The molecule has 0 bridgehead atoms. The Hall–Kier alpha value is -1.42. The highest BCUT2D eigenvalue weighted by Crippen LogP contribution is 2.23. The summed E-state index contributed by atoms with van der Waals surface area (Å²) in [7, 11) is 2.22. The zero-order valence-corrected chi connectivity index (χ0v) is 12.7. The number of nitrogen functional groups attached to an aromatic ring is 1. The zero-order valence-electron chi connectivity index (χ0n) is 12.7. The van der Waals surface area contributed by atoms with Gasteiger partial charge >= 0.3 is 0 Å². The Bertz CT molecular complexity index is 416. The van der Waals surface area contributed by atoms with Crippen molar-refractivity contribution >= 4 is 11.4 Å². The van der Waals surface area contributed by atoms with Crippen LogP contribution >= 0.6 is 0 Å². The van der Waals surface area contributed by atoms with Crippen molar-refractivity contribution < 1.29 is 4.74 Å². The maximum absolute atomic E-state index is 5.89. The summed E-state index contributed by atoms with van der Waals surface area (Å²) in [5.74, 6) is 0.833. The van der Waals surface area contributed by atoms with Gasteiger partial charge in [0.1, 0.15) is 5.75 Å². The van der Waals surface area contributed by atoms with Gasteiger partial charge in [0, 0.05) is 42.6 Å². The molecule has 112 valence electrons. The van der Waals surface area contributed by atoms with E-state index in [4.69, 9.17) is 10.5 Å². The molecule has 0 heterocycles. The molecule has 0 saturated heterocycles. The molecule has 0 aliphatic heterocycles. The third kappa shape index (κ3) is 4.30. The number of ether oxygens (including phenoxy) is 1. The first-order chi connectivity index (χ1) is 9.69. The van der Waals surface area contributed by atoms with Crippen LogP contribution in [0.5, 0.6) is 5.75 Å². The quantitative estimate of drug-likeness (QED) is 0.752. The maximum atomic E-state index is 5.89. The van der Waals surface area contributed by atoms with Crippen molar-refractivity contribution in [2.45, 2.75) is 38.6 Å². The molecule has 0 spiro atoms. The highest BCUT2D eigenvalue weighted by Gasteiger charge is 2.18. The number of likely N-dealkylation sites (N-methyl/N-ethyl adjacent to an activating group) is 1. The van der Waals surface area contributed by atoms with Gasteiger partial charge < -0.3 is 20.7 Å². The molecule has 0 amide bonds. The van der Waals surface area contributed by atoms with Crippen LogP contribution in [0.15, 0.2) is 18.2 Å². The number of nitrogens with two attached hydrogens (primary N) is 1. The summed E-state index contributed by atoms with van der Waals surface area (Å²) in [6.07, 6.45) is 5.47. The van der Waals surface area contributed by atoms with Crippen molar-refractivity contribution in [1.82, 2.24) is 4.90 Å². The first-order valence-corrected chi connectivity index (χ1v) is 7.66. The fourth-order valence-corrected chi connectivity index (χ4v) is 2.88. The van der Waals surface area contributed by atoms with E-state index in [1.807, 2.05) is 25.1 Å². The number of hydrogen-bond acceptors (Lipinski definition) is 4. The number of nitrogens with one attached hydrogen (secondary N) is 1. The largest absolute Gasteiger partial charge is 0.494 e. The van der Waals surface area contributed by atoms with E-state index in [9.17, 15) is 0 Å². The van der Waals surface area contributed by atoms with Crippen LogP contribution in [-0.4, -0.2) is 37.7 Å². The highest BCUT2D eigenvalue weighted by atomic mass is 16.5. The van der Waals surface area contributed by atoms with Gasteiger partial charge in [-0.25, -0.2) is 0 Å². The van der Waals surface area contributed by atoms with E-state index in [1.54, 1.807) is 0 Å². The Labute approximate surface area is 122 Å². The number of benzene rings is 1. The first-order valence-electron chi connectivity index (χ1n) is 7.66. The number of hydrogen-bond donors (Lipinski definition) is 2. The Kier molecular flexibility index (Phi) is 5.53. The molecule has 0 radical (unpaired) electrons. The van der Waals surface area contributed by atoms with Crippen LogP contribution in [0.2, 0.25) is 0 Å². The molecular formula is C16H27N3O. The molecule has 4 nitrogen and oxygen atoms in total. The Morgan fingerprint density at radius 3 is 2.75 bits per heavy atom. The topological polar surface area (TPSA) is 50.5 Å². The number of nitrogens with zero attached hydrogens (tertiary/aromatic N) is 1. The van der Waals surface area contributed by atoms with Crippen molar-refractivity contribution in [3.05, 3.63) is 18.2 Å². The van der Waals surface area contributed by atoms with Crippen LogP contribution in [0.3, 0.4) is 0 Å². The SMILES string of the molecule is CCOc1cc(N)cc(NCCN(C)C2CCCC2)c1. The van der Waals surface area contributed by atoms with Gasteiger partial charge in [0.15, 0.2) is 0 Å². The fraction of sp³-hybridized carbons (Fsp3) is 0.625. The Balaban J connectivity index is 1.80.